The Morgan fingerprint density at radius 2 is 1.07 bits per heavy atom. The number of benzene rings is 4. The molecule has 10 nitrogen and oxygen atoms in total. The lowest BCUT2D eigenvalue weighted by molar-refractivity contribution is -0.114. The Hall–Kier alpha value is -4.94. The molecule has 0 unspecified atom stereocenters. The van der Waals surface area contributed by atoms with Crippen molar-refractivity contribution in [2.75, 3.05) is 35.4 Å². The van der Waals surface area contributed by atoms with Crippen molar-refractivity contribution in [1.82, 2.24) is 19.9 Å². The first-order valence-corrected chi connectivity index (χ1v) is 20.7. The van der Waals surface area contributed by atoms with E-state index in [0.29, 0.717) is 23.5 Å². The molecule has 12 heteroatoms. The van der Waals surface area contributed by atoms with Gasteiger partial charge in [0.2, 0.25) is 11.8 Å². The SMILES string of the molecule is CCOc1ccc2nc(SCC(=O)Nc3c(C)cc(Cc4cc(C)c(NC(=O)CSc5nc6ccc(OCC)cc6[nH]5)c(C(C)C)c4)cc3C(C)C)[nH]c2c1. The molecule has 0 spiro atoms. The van der Waals surface area contributed by atoms with Crippen LogP contribution in [0.25, 0.3) is 22.1 Å². The molecular weight excluding hydrogens is 729 g/mol. The number of fused-ring (bicyclic) bond motifs is 2. The lowest BCUT2D eigenvalue weighted by atomic mass is 9.90. The molecule has 0 aliphatic heterocycles. The van der Waals surface area contributed by atoms with E-state index in [-0.39, 0.29) is 35.2 Å². The summed E-state index contributed by atoms with van der Waals surface area (Å²) < 4.78 is 11.2. The molecule has 0 aliphatic rings. The van der Waals surface area contributed by atoms with Gasteiger partial charge in [0, 0.05) is 23.5 Å². The molecule has 0 atom stereocenters. The van der Waals surface area contributed by atoms with Crippen LogP contribution < -0.4 is 20.1 Å². The quantitative estimate of drug-likeness (QED) is 0.0714. The number of nitrogens with one attached hydrogen (secondary N) is 4. The number of thioether (sulfide) groups is 2. The third-order valence-corrected chi connectivity index (χ3v) is 10.9. The number of anilines is 2. The number of amides is 2. The van der Waals surface area contributed by atoms with Crippen LogP contribution >= 0.6 is 23.5 Å². The highest BCUT2D eigenvalue weighted by Crippen LogP contribution is 2.34. The number of aryl methyl sites for hydroxylation is 2. The van der Waals surface area contributed by atoms with Crippen molar-refractivity contribution in [2.45, 2.75) is 84.0 Å². The van der Waals surface area contributed by atoms with Gasteiger partial charge in [0.05, 0.1) is 46.8 Å². The van der Waals surface area contributed by atoms with Gasteiger partial charge in [-0.3, -0.25) is 9.59 Å². The predicted molar refractivity (Wildman–Crippen MR) is 227 cm³/mol. The van der Waals surface area contributed by atoms with Crippen molar-refractivity contribution < 1.29 is 19.1 Å². The van der Waals surface area contributed by atoms with E-state index in [1.165, 1.54) is 34.7 Å². The van der Waals surface area contributed by atoms with Gasteiger partial charge in [-0.2, -0.15) is 0 Å². The minimum atomic E-state index is -0.0832. The fourth-order valence-electron chi connectivity index (χ4n) is 6.67. The van der Waals surface area contributed by atoms with Crippen molar-refractivity contribution in [3.63, 3.8) is 0 Å². The molecule has 4 N–H and O–H groups in total. The summed E-state index contributed by atoms with van der Waals surface area (Å²) >= 11 is 2.75. The molecule has 2 amide bonds. The molecule has 0 saturated heterocycles. The molecule has 0 bridgehead atoms. The van der Waals surface area contributed by atoms with Crippen LogP contribution in [0.15, 0.2) is 71.0 Å². The summed E-state index contributed by atoms with van der Waals surface area (Å²) in [4.78, 5) is 42.3. The van der Waals surface area contributed by atoms with Crippen molar-refractivity contribution in [3.05, 3.63) is 94.0 Å². The van der Waals surface area contributed by atoms with Gasteiger partial charge in [-0.05, 0) is 104 Å². The van der Waals surface area contributed by atoms with Gasteiger partial charge in [0.15, 0.2) is 10.3 Å². The maximum Gasteiger partial charge on any atom is 0.234 e. The van der Waals surface area contributed by atoms with E-state index < -0.39 is 0 Å². The number of H-pyrrole nitrogens is 2. The second-order valence-electron chi connectivity index (χ2n) is 14.2. The Kier molecular flexibility index (Phi) is 12.8. The summed E-state index contributed by atoms with van der Waals surface area (Å²) in [5, 5.41) is 7.78. The lowest BCUT2D eigenvalue weighted by Crippen LogP contribution is -2.17. The van der Waals surface area contributed by atoms with E-state index in [2.05, 4.69) is 96.4 Å². The molecule has 0 radical (unpaired) electrons. The van der Waals surface area contributed by atoms with E-state index in [0.717, 1.165) is 73.6 Å². The van der Waals surface area contributed by atoms with Gasteiger partial charge >= 0.3 is 0 Å². The summed E-state index contributed by atoms with van der Waals surface area (Å²) in [6, 6.07) is 20.2. The molecule has 6 rings (SSSR count). The molecule has 55 heavy (non-hydrogen) atoms. The van der Waals surface area contributed by atoms with Gasteiger partial charge in [-0.1, -0.05) is 75.5 Å². The smallest absolute Gasteiger partial charge is 0.234 e. The Morgan fingerprint density at radius 1 is 0.655 bits per heavy atom. The summed E-state index contributed by atoms with van der Waals surface area (Å²) in [6.07, 6.45) is 0.726. The Balaban J connectivity index is 1.11. The average molecular weight is 779 g/mol. The number of hydrogen-bond donors (Lipinski definition) is 4. The number of carbonyl (C=O) groups excluding carboxylic acids is 2. The second kappa shape index (κ2) is 17.7. The van der Waals surface area contributed by atoms with Crippen LogP contribution in [0.1, 0.15) is 86.8 Å². The number of nitrogens with zero attached hydrogens (tertiary/aromatic N) is 2. The maximum absolute atomic E-state index is 13.2. The maximum atomic E-state index is 13.2. The fraction of sp³-hybridized carbons (Fsp3) is 0.349. The zero-order valence-corrected chi connectivity index (χ0v) is 34.4. The fourth-order valence-corrected chi connectivity index (χ4v) is 8.04. The molecular formula is C43H50N6O4S2. The highest BCUT2D eigenvalue weighted by atomic mass is 32.2. The van der Waals surface area contributed by atoms with Gasteiger partial charge in [-0.25, -0.2) is 9.97 Å². The number of ether oxygens (including phenoxy) is 2. The highest BCUT2D eigenvalue weighted by molar-refractivity contribution is 8.00. The van der Waals surface area contributed by atoms with Gasteiger partial charge in [-0.15, -0.1) is 0 Å². The average Bonchev–Trinajstić information content (AvgIpc) is 3.75. The second-order valence-corrected chi connectivity index (χ2v) is 16.1. The predicted octanol–water partition coefficient (Wildman–Crippen LogP) is 10.2. The largest absolute Gasteiger partial charge is 0.494 e. The molecule has 4 aromatic carbocycles. The van der Waals surface area contributed by atoms with E-state index in [1.54, 1.807) is 0 Å². The van der Waals surface area contributed by atoms with Gasteiger partial charge < -0.3 is 30.1 Å². The van der Waals surface area contributed by atoms with E-state index in [1.807, 2.05) is 50.2 Å². The highest BCUT2D eigenvalue weighted by Gasteiger charge is 2.19. The zero-order valence-electron chi connectivity index (χ0n) is 32.8. The van der Waals surface area contributed by atoms with Crippen LogP contribution in [0.3, 0.4) is 0 Å². The normalized spacial score (nSPS) is 11.5. The summed E-state index contributed by atoms with van der Waals surface area (Å²) in [6.45, 7) is 17.8. The standard InChI is InChI=1S/C43H50N6O4S2/c1-9-52-30-11-13-34-36(20-30)46-42(44-34)54-22-38(50)48-40-26(7)15-28(18-32(40)24(3)4)17-29-16-27(8)41(33(19-29)25(5)6)49-39(51)23-55-43-45-35-14-12-31(53-10-2)21-37(35)47-43/h11-16,18-21,24-25H,9-10,17,22-23H2,1-8H3,(H,44,46)(H,45,47)(H,48,50)(H,49,51). The third kappa shape index (κ3) is 9.84. The van der Waals surface area contributed by atoms with Gasteiger partial charge in [0.25, 0.3) is 0 Å². The zero-order chi connectivity index (χ0) is 39.2. The monoisotopic (exact) mass is 778 g/mol. The molecule has 0 fully saturated rings. The Labute approximate surface area is 331 Å². The first-order chi connectivity index (χ1) is 26.4. The number of carbonyl (C=O) groups is 2. The van der Waals surface area contributed by atoms with Crippen LogP contribution in [0.4, 0.5) is 11.4 Å². The van der Waals surface area contributed by atoms with E-state index in [4.69, 9.17) is 9.47 Å². The van der Waals surface area contributed by atoms with Crippen molar-refractivity contribution in [3.8, 4) is 11.5 Å². The van der Waals surface area contributed by atoms with E-state index in [9.17, 15) is 9.59 Å². The van der Waals surface area contributed by atoms with E-state index >= 15 is 0 Å². The summed E-state index contributed by atoms with van der Waals surface area (Å²) in [5.74, 6) is 2.26. The topological polar surface area (TPSA) is 134 Å². The van der Waals surface area contributed by atoms with Crippen LogP contribution in [-0.2, 0) is 16.0 Å². The molecule has 2 aromatic heterocycles. The number of aromatic nitrogens is 4. The van der Waals surface area contributed by atoms with Crippen molar-refractivity contribution >= 4 is 68.8 Å². The minimum absolute atomic E-state index is 0.0832. The molecule has 6 aromatic rings. The van der Waals surface area contributed by atoms with Crippen molar-refractivity contribution in [1.29, 1.82) is 0 Å². The number of rotatable bonds is 16. The lowest BCUT2D eigenvalue weighted by Gasteiger charge is -2.20. The van der Waals surface area contributed by atoms with Crippen LogP contribution in [0.5, 0.6) is 11.5 Å². The minimum Gasteiger partial charge on any atom is -0.494 e. The molecule has 2 heterocycles. The third-order valence-electron chi connectivity index (χ3n) is 9.20. The van der Waals surface area contributed by atoms with Crippen molar-refractivity contribution in [2.24, 2.45) is 0 Å². The Morgan fingerprint density at radius 3 is 1.45 bits per heavy atom. The van der Waals surface area contributed by atoms with Crippen LogP contribution in [0, 0.1) is 13.8 Å². The molecule has 0 aliphatic carbocycles. The first kappa shape index (κ1) is 39.7. The van der Waals surface area contributed by atoms with Crippen LogP contribution in [0.2, 0.25) is 0 Å². The number of hydrogen-bond acceptors (Lipinski definition) is 8. The molecule has 0 saturated carbocycles. The Bertz CT molecular complexity index is 2170. The summed E-state index contributed by atoms with van der Waals surface area (Å²) in [5.41, 5.74) is 11.7. The number of aromatic amines is 2. The number of imidazole rings is 2. The first-order valence-electron chi connectivity index (χ1n) is 18.8. The summed E-state index contributed by atoms with van der Waals surface area (Å²) in [7, 11) is 0. The van der Waals surface area contributed by atoms with Gasteiger partial charge in [0.1, 0.15) is 11.5 Å². The molecule has 288 valence electrons. The van der Waals surface area contributed by atoms with Crippen LogP contribution in [-0.4, -0.2) is 56.5 Å².